The van der Waals surface area contributed by atoms with Crippen molar-refractivity contribution >= 4 is 17.5 Å². The first-order valence-corrected chi connectivity index (χ1v) is 5.78. The van der Waals surface area contributed by atoms with Gasteiger partial charge < -0.3 is 9.73 Å². The Bertz CT molecular complexity index is 467. The Hall–Kier alpha value is -1.74. The van der Waals surface area contributed by atoms with Crippen LogP contribution in [0.5, 0.6) is 0 Å². The van der Waals surface area contributed by atoms with Crippen molar-refractivity contribution in [1.82, 2.24) is 5.32 Å². The van der Waals surface area contributed by atoms with Gasteiger partial charge in [-0.1, -0.05) is 30.3 Å². The number of hydrogen-bond donors (Lipinski definition) is 1. The Morgan fingerprint density at radius 1 is 1.24 bits per heavy atom. The molecule has 0 bridgehead atoms. The van der Waals surface area contributed by atoms with Gasteiger partial charge in [-0.25, -0.2) is 0 Å². The van der Waals surface area contributed by atoms with Gasteiger partial charge in [0.2, 0.25) is 5.91 Å². The number of furan rings is 1. The van der Waals surface area contributed by atoms with Crippen LogP contribution in [0.2, 0.25) is 0 Å². The highest BCUT2D eigenvalue weighted by atomic mass is 35.5. The quantitative estimate of drug-likeness (QED) is 0.847. The highest BCUT2D eigenvalue weighted by Crippen LogP contribution is 2.22. The van der Waals surface area contributed by atoms with E-state index in [4.69, 9.17) is 16.0 Å². The van der Waals surface area contributed by atoms with Crippen LogP contribution in [0.4, 0.5) is 0 Å². The smallest absolute Gasteiger partial charge is 0.235 e. The monoisotopic (exact) mass is 249 g/mol. The molecule has 0 aliphatic carbocycles. The van der Waals surface area contributed by atoms with Gasteiger partial charge in [-0.05, 0) is 17.7 Å². The first kappa shape index (κ1) is 11.7. The van der Waals surface area contributed by atoms with E-state index < -0.39 is 0 Å². The second kappa shape index (κ2) is 5.55. The van der Waals surface area contributed by atoms with Crippen molar-refractivity contribution in [3.63, 3.8) is 0 Å². The fourth-order valence-corrected chi connectivity index (χ4v) is 1.70. The maximum atomic E-state index is 11.4. The molecule has 0 aliphatic rings. The average molecular weight is 250 g/mol. The van der Waals surface area contributed by atoms with Crippen LogP contribution in [0, 0.1) is 0 Å². The lowest BCUT2D eigenvalue weighted by molar-refractivity contribution is -0.119. The minimum absolute atomic E-state index is 0.0654. The van der Waals surface area contributed by atoms with Crippen LogP contribution in [0.1, 0.15) is 17.4 Å². The van der Waals surface area contributed by atoms with Crippen LogP contribution in [-0.2, 0) is 4.79 Å². The van der Waals surface area contributed by atoms with Crippen LogP contribution in [-0.4, -0.2) is 11.8 Å². The minimum atomic E-state index is -0.294. The lowest BCUT2D eigenvalue weighted by Crippen LogP contribution is -2.29. The Balaban J connectivity index is 2.28. The molecule has 0 unspecified atom stereocenters. The molecule has 0 radical (unpaired) electrons. The summed E-state index contributed by atoms with van der Waals surface area (Å²) in [6.07, 6.45) is 1.58. The van der Waals surface area contributed by atoms with E-state index in [1.165, 1.54) is 0 Å². The van der Waals surface area contributed by atoms with Crippen LogP contribution in [0.3, 0.4) is 0 Å². The third kappa shape index (κ3) is 2.88. The molecule has 0 saturated carbocycles. The largest absolute Gasteiger partial charge is 0.467 e. The van der Waals surface area contributed by atoms with Gasteiger partial charge in [-0.15, -0.1) is 11.6 Å². The number of alkyl halides is 1. The molecule has 1 heterocycles. The van der Waals surface area contributed by atoms with E-state index in [0.717, 1.165) is 5.56 Å². The highest BCUT2D eigenvalue weighted by molar-refractivity contribution is 6.27. The molecule has 1 amide bonds. The maximum absolute atomic E-state index is 11.4. The Kier molecular flexibility index (Phi) is 3.83. The summed E-state index contributed by atoms with van der Waals surface area (Å²) >= 11 is 5.50. The third-order valence-electron chi connectivity index (χ3n) is 2.39. The fraction of sp³-hybridized carbons (Fsp3) is 0.154. The minimum Gasteiger partial charge on any atom is -0.467 e. The summed E-state index contributed by atoms with van der Waals surface area (Å²) < 4.78 is 5.34. The fourth-order valence-electron chi connectivity index (χ4n) is 1.62. The molecular weight excluding hydrogens is 238 g/mol. The maximum Gasteiger partial charge on any atom is 0.235 e. The molecule has 88 valence electrons. The van der Waals surface area contributed by atoms with Crippen molar-refractivity contribution in [2.45, 2.75) is 6.04 Å². The molecular formula is C13H12ClNO2. The zero-order valence-corrected chi connectivity index (χ0v) is 9.85. The number of benzene rings is 1. The van der Waals surface area contributed by atoms with Crippen LogP contribution >= 0.6 is 11.6 Å². The van der Waals surface area contributed by atoms with Crippen molar-refractivity contribution < 1.29 is 9.21 Å². The normalized spacial score (nSPS) is 12.1. The van der Waals surface area contributed by atoms with Crippen molar-refractivity contribution in [3.05, 3.63) is 60.1 Å². The lowest BCUT2D eigenvalue weighted by Gasteiger charge is -2.16. The van der Waals surface area contributed by atoms with Crippen molar-refractivity contribution in [1.29, 1.82) is 0 Å². The summed E-state index contributed by atoms with van der Waals surface area (Å²) in [5.74, 6) is 0.399. The molecule has 17 heavy (non-hydrogen) atoms. The molecule has 1 aromatic carbocycles. The second-order valence-electron chi connectivity index (χ2n) is 3.56. The molecule has 1 aromatic heterocycles. The molecule has 3 nitrogen and oxygen atoms in total. The number of hydrogen-bond acceptors (Lipinski definition) is 2. The number of carbonyl (C=O) groups is 1. The molecule has 0 fully saturated rings. The molecule has 4 heteroatoms. The number of rotatable bonds is 4. The van der Waals surface area contributed by atoms with E-state index in [9.17, 15) is 4.79 Å². The van der Waals surface area contributed by atoms with E-state index >= 15 is 0 Å². The summed E-state index contributed by atoms with van der Waals surface area (Å²) in [7, 11) is 0. The summed E-state index contributed by atoms with van der Waals surface area (Å²) in [5, 5.41) is 2.82. The average Bonchev–Trinajstić information content (AvgIpc) is 2.90. The van der Waals surface area contributed by atoms with Crippen molar-refractivity contribution in [2.75, 3.05) is 5.88 Å². The predicted molar refractivity (Wildman–Crippen MR) is 65.9 cm³/mol. The van der Waals surface area contributed by atoms with Gasteiger partial charge in [0.25, 0.3) is 0 Å². The van der Waals surface area contributed by atoms with Gasteiger partial charge in [-0.3, -0.25) is 4.79 Å². The van der Waals surface area contributed by atoms with E-state index in [2.05, 4.69) is 5.32 Å². The number of amides is 1. The van der Waals surface area contributed by atoms with E-state index in [-0.39, 0.29) is 17.8 Å². The molecule has 1 N–H and O–H groups in total. The van der Waals surface area contributed by atoms with Gasteiger partial charge in [0.1, 0.15) is 17.7 Å². The SMILES string of the molecule is O=C(CCl)N[C@@H](c1ccccc1)c1ccco1. The summed E-state index contributed by atoms with van der Waals surface area (Å²) in [6.45, 7) is 0. The molecule has 0 aliphatic heterocycles. The van der Waals surface area contributed by atoms with Gasteiger partial charge >= 0.3 is 0 Å². The zero-order valence-electron chi connectivity index (χ0n) is 9.10. The number of carbonyl (C=O) groups excluding carboxylic acids is 1. The van der Waals surface area contributed by atoms with Crippen molar-refractivity contribution in [2.24, 2.45) is 0 Å². The molecule has 0 saturated heterocycles. The van der Waals surface area contributed by atoms with Crippen LogP contribution < -0.4 is 5.32 Å². The Morgan fingerprint density at radius 2 is 2.00 bits per heavy atom. The zero-order chi connectivity index (χ0) is 12.1. The summed E-state index contributed by atoms with van der Waals surface area (Å²) in [5.41, 5.74) is 0.959. The first-order valence-electron chi connectivity index (χ1n) is 5.25. The third-order valence-corrected chi connectivity index (χ3v) is 2.63. The molecule has 2 aromatic rings. The predicted octanol–water partition coefficient (Wildman–Crippen LogP) is 2.72. The standard InChI is InChI=1S/C13H12ClNO2/c14-9-12(16)15-13(11-7-4-8-17-11)10-5-2-1-3-6-10/h1-8,13H,9H2,(H,15,16)/t13-/m0/s1. The van der Waals surface area contributed by atoms with Gasteiger partial charge in [0.05, 0.1) is 6.26 Å². The van der Waals surface area contributed by atoms with Gasteiger partial charge in [0.15, 0.2) is 0 Å². The second-order valence-corrected chi connectivity index (χ2v) is 3.83. The topological polar surface area (TPSA) is 42.2 Å². The van der Waals surface area contributed by atoms with Gasteiger partial charge in [-0.2, -0.15) is 0 Å². The summed E-state index contributed by atoms with van der Waals surface area (Å²) in [6, 6.07) is 12.9. The van der Waals surface area contributed by atoms with Crippen LogP contribution in [0.15, 0.2) is 53.1 Å². The van der Waals surface area contributed by atoms with Gasteiger partial charge in [0, 0.05) is 0 Å². The molecule has 1 atom stereocenters. The number of halogens is 1. The van der Waals surface area contributed by atoms with Crippen molar-refractivity contribution in [3.8, 4) is 0 Å². The van der Waals surface area contributed by atoms with Crippen LogP contribution in [0.25, 0.3) is 0 Å². The Morgan fingerprint density at radius 3 is 2.59 bits per heavy atom. The summed E-state index contributed by atoms with van der Waals surface area (Å²) in [4.78, 5) is 11.4. The van der Waals surface area contributed by atoms with E-state index in [1.54, 1.807) is 12.3 Å². The molecule has 0 spiro atoms. The lowest BCUT2D eigenvalue weighted by atomic mass is 10.0. The van der Waals surface area contributed by atoms with E-state index in [0.29, 0.717) is 5.76 Å². The Labute approximate surface area is 104 Å². The number of nitrogens with one attached hydrogen (secondary N) is 1. The first-order chi connectivity index (χ1) is 8.31. The van der Waals surface area contributed by atoms with E-state index in [1.807, 2.05) is 36.4 Å². The molecule has 2 rings (SSSR count). The highest BCUT2D eigenvalue weighted by Gasteiger charge is 2.18.